The van der Waals surface area contributed by atoms with E-state index in [9.17, 15) is 22.7 Å². The van der Waals surface area contributed by atoms with Crippen LogP contribution in [0.2, 0.25) is 0 Å². The maximum Gasteiger partial charge on any atom is 0.314 e. The summed E-state index contributed by atoms with van der Waals surface area (Å²) in [6, 6.07) is 14.0. The van der Waals surface area contributed by atoms with Gasteiger partial charge in [0.1, 0.15) is 10.7 Å². The summed E-state index contributed by atoms with van der Waals surface area (Å²) in [5.74, 6) is -1.78. The lowest BCUT2D eigenvalue weighted by atomic mass is 9.73. The molecule has 1 N–H and O–H groups in total. The van der Waals surface area contributed by atoms with Crippen LogP contribution in [0.1, 0.15) is 18.4 Å². The van der Waals surface area contributed by atoms with E-state index in [1.165, 1.54) is 18.2 Å². The molecule has 1 heterocycles. The van der Waals surface area contributed by atoms with Crippen molar-refractivity contribution in [2.24, 2.45) is 0 Å². The quantitative estimate of drug-likeness (QED) is 0.906. The fourth-order valence-electron chi connectivity index (χ4n) is 3.28. The minimum Gasteiger partial charge on any atom is -0.481 e. The van der Waals surface area contributed by atoms with Crippen molar-refractivity contribution in [2.45, 2.75) is 23.2 Å². The first-order chi connectivity index (χ1) is 11.9. The highest BCUT2D eigenvalue weighted by Gasteiger charge is 2.45. The highest BCUT2D eigenvalue weighted by atomic mass is 32.2. The number of carboxylic acid groups (broad SMARTS) is 1. The third-order valence-corrected chi connectivity index (χ3v) is 6.70. The van der Waals surface area contributed by atoms with Crippen molar-refractivity contribution in [3.8, 4) is 0 Å². The second-order valence-electron chi connectivity index (χ2n) is 6.09. The van der Waals surface area contributed by atoms with E-state index < -0.39 is 27.2 Å². The van der Waals surface area contributed by atoms with Crippen molar-refractivity contribution in [1.82, 2.24) is 4.31 Å². The molecule has 1 aliphatic heterocycles. The topological polar surface area (TPSA) is 74.7 Å². The third kappa shape index (κ3) is 3.05. The van der Waals surface area contributed by atoms with Crippen LogP contribution in [0, 0.1) is 5.82 Å². The molecule has 0 aromatic heterocycles. The standard InChI is InChI=1S/C18H18FNO4S/c19-15-8-4-5-9-16(15)25(23,24)20-12-10-18(11-13-20,17(21)22)14-6-2-1-3-7-14/h1-9H,10-13H2,(H,21,22). The fourth-order valence-corrected chi connectivity index (χ4v) is 4.79. The van der Waals surface area contributed by atoms with Crippen LogP contribution in [0.4, 0.5) is 4.39 Å². The molecular weight excluding hydrogens is 345 g/mol. The Labute approximate surface area is 145 Å². The monoisotopic (exact) mass is 363 g/mol. The van der Waals surface area contributed by atoms with Crippen molar-refractivity contribution in [1.29, 1.82) is 0 Å². The van der Waals surface area contributed by atoms with E-state index >= 15 is 0 Å². The molecule has 2 aromatic carbocycles. The van der Waals surface area contributed by atoms with Gasteiger partial charge in [0, 0.05) is 13.1 Å². The van der Waals surface area contributed by atoms with Crippen molar-refractivity contribution >= 4 is 16.0 Å². The summed E-state index contributed by atoms with van der Waals surface area (Å²) >= 11 is 0. The van der Waals surface area contributed by atoms with Crippen LogP contribution >= 0.6 is 0 Å². The number of piperidine rings is 1. The molecule has 1 aliphatic rings. The van der Waals surface area contributed by atoms with Gasteiger partial charge in [-0.15, -0.1) is 0 Å². The molecule has 2 aromatic rings. The lowest BCUT2D eigenvalue weighted by Gasteiger charge is -2.38. The van der Waals surface area contributed by atoms with E-state index in [1.54, 1.807) is 30.3 Å². The smallest absolute Gasteiger partial charge is 0.314 e. The molecule has 0 unspecified atom stereocenters. The molecule has 1 fully saturated rings. The summed E-state index contributed by atoms with van der Waals surface area (Å²) in [7, 11) is -3.99. The van der Waals surface area contributed by atoms with Crippen molar-refractivity contribution in [3.05, 3.63) is 66.0 Å². The number of sulfonamides is 1. The summed E-state index contributed by atoms with van der Waals surface area (Å²) in [4.78, 5) is 11.6. The Hall–Kier alpha value is -2.25. The molecule has 0 spiro atoms. The Morgan fingerprint density at radius 1 is 1.00 bits per heavy atom. The Morgan fingerprint density at radius 3 is 2.12 bits per heavy atom. The predicted octanol–water partition coefficient (Wildman–Crippen LogP) is 2.63. The second kappa shape index (κ2) is 6.57. The predicted molar refractivity (Wildman–Crippen MR) is 90.1 cm³/mol. The largest absolute Gasteiger partial charge is 0.481 e. The molecule has 0 amide bonds. The minimum atomic E-state index is -3.99. The number of rotatable bonds is 4. The lowest BCUT2D eigenvalue weighted by Crippen LogP contribution is -2.49. The van der Waals surface area contributed by atoms with Crippen molar-refractivity contribution in [2.75, 3.05) is 13.1 Å². The van der Waals surface area contributed by atoms with Gasteiger partial charge in [-0.2, -0.15) is 4.31 Å². The van der Waals surface area contributed by atoms with Gasteiger partial charge in [-0.3, -0.25) is 4.79 Å². The summed E-state index contributed by atoms with van der Waals surface area (Å²) in [5.41, 5.74) is -0.465. The van der Waals surface area contributed by atoms with Gasteiger partial charge in [-0.25, -0.2) is 12.8 Å². The molecule has 3 rings (SSSR count). The highest BCUT2D eigenvalue weighted by molar-refractivity contribution is 7.89. The molecule has 0 atom stereocenters. The zero-order chi connectivity index (χ0) is 18.1. The average molecular weight is 363 g/mol. The molecular formula is C18H18FNO4S. The zero-order valence-electron chi connectivity index (χ0n) is 13.4. The van der Waals surface area contributed by atoms with Gasteiger partial charge >= 0.3 is 5.97 Å². The molecule has 7 heteroatoms. The lowest BCUT2D eigenvalue weighted by molar-refractivity contribution is -0.145. The Morgan fingerprint density at radius 2 is 1.56 bits per heavy atom. The van der Waals surface area contributed by atoms with Crippen LogP contribution < -0.4 is 0 Å². The van der Waals surface area contributed by atoms with Crippen molar-refractivity contribution in [3.63, 3.8) is 0 Å². The molecule has 5 nitrogen and oxygen atoms in total. The molecule has 0 bridgehead atoms. The van der Waals surface area contributed by atoms with Crippen LogP contribution in [0.25, 0.3) is 0 Å². The molecule has 0 saturated carbocycles. The third-order valence-electron chi connectivity index (χ3n) is 4.77. The number of aliphatic carboxylic acids is 1. The Bertz CT molecular complexity index is 875. The van der Waals surface area contributed by atoms with Crippen LogP contribution in [0.3, 0.4) is 0 Å². The van der Waals surface area contributed by atoms with Crippen LogP contribution in [-0.2, 0) is 20.2 Å². The van der Waals surface area contributed by atoms with E-state index in [-0.39, 0.29) is 30.8 Å². The normalized spacial score (nSPS) is 18.0. The SMILES string of the molecule is O=C(O)C1(c2ccccc2)CCN(S(=O)(=O)c2ccccc2F)CC1. The van der Waals surface area contributed by atoms with E-state index in [0.717, 1.165) is 10.4 Å². The number of halogens is 1. The summed E-state index contributed by atoms with van der Waals surface area (Å²) in [5, 5.41) is 9.76. The summed E-state index contributed by atoms with van der Waals surface area (Å²) in [6.45, 7) is 0.0513. The number of carboxylic acids is 1. The van der Waals surface area contributed by atoms with Gasteiger partial charge in [-0.1, -0.05) is 42.5 Å². The van der Waals surface area contributed by atoms with Crippen molar-refractivity contribution < 1.29 is 22.7 Å². The molecule has 0 aliphatic carbocycles. The van der Waals surface area contributed by atoms with Gasteiger partial charge in [0.25, 0.3) is 0 Å². The fraction of sp³-hybridized carbons (Fsp3) is 0.278. The number of nitrogens with zero attached hydrogens (tertiary/aromatic N) is 1. The maximum atomic E-state index is 13.9. The van der Waals surface area contributed by atoms with E-state index in [1.807, 2.05) is 0 Å². The number of carbonyl (C=O) groups is 1. The number of benzene rings is 2. The first-order valence-electron chi connectivity index (χ1n) is 7.91. The zero-order valence-corrected chi connectivity index (χ0v) is 14.2. The van der Waals surface area contributed by atoms with Gasteiger partial charge in [0.15, 0.2) is 0 Å². The number of hydrogen-bond acceptors (Lipinski definition) is 3. The van der Waals surface area contributed by atoms with Gasteiger partial charge in [0.2, 0.25) is 10.0 Å². The first kappa shape index (κ1) is 17.6. The van der Waals surface area contributed by atoms with Gasteiger partial charge in [-0.05, 0) is 30.5 Å². The molecule has 132 valence electrons. The van der Waals surface area contributed by atoms with E-state index in [4.69, 9.17) is 0 Å². The van der Waals surface area contributed by atoms with E-state index in [0.29, 0.717) is 5.56 Å². The van der Waals surface area contributed by atoms with Crippen LogP contribution in [0.5, 0.6) is 0 Å². The first-order valence-corrected chi connectivity index (χ1v) is 9.35. The Balaban J connectivity index is 1.88. The van der Waals surface area contributed by atoms with Gasteiger partial charge < -0.3 is 5.11 Å². The Kier molecular flexibility index (Phi) is 4.62. The average Bonchev–Trinajstić information content (AvgIpc) is 2.62. The molecule has 25 heavy (non-hydrogen) atoms. The molecule has 1 saturated heterocycles. The maximum absolute atomic E-state index is 13.9. The highest BCUT2D eigenvalue weighted by Crippen LogP contribution is 2.37. The second-order valence-corrected chi connectivity index (χ2v) is 7.99. The van der Waals surface area contributed by atoms with Gasteiger partial charge in [0.05, 0.1) is 5.41 Å². The van der Waals surface area contributed by atoms with E-state index in [2.05, 4.69) is 0 Å². The molecule has 0 radical (unpaired) electrons. The van der Waals surface area contributed by atoms with Crippen LogP contribution in [-0.4, -0.2) is 36.9 Å². The van der Waals surface area contributed by atoms with Crippen LogP contribution in [0.15, 0.2) is 59.5 Å². The minimum absolute atomic E-state index is 0.0257. The summed E-state index contributed by atoms with van der Waals surface area (Å²) in [6.07, 6.45) is 0.278. The summed E-state index contributed by atoms with van der Waals surface area (Å²) < 4.78 is 40.4. The number of hydrogen-bond donors (Lipinski definition) is 1.